The molecule has 2 fully saturated rings. The van der Waals surface area contributed by atoms with Crippen molar-refractivity contribution in [3.8, 4) is 0 Å². The van der Waals surface area contributed by atoms with Gasteiger partial charge in [-0.1, -0.05) is 0 Å². The molecular formula is C12H19ClF4N4O2. The van der Waals surface area contributed by atoms with Gasteiger partial charge in [0.1, 0.15) is 18.0 Å². The highest BCUT2D eigenvalue weighted by Crippen LogP contribution is 2.27. The summed E-state index contributed by atoms with van der Waals surface area (Å²) in [6, 6.07) is -0.733. The van der Waals surface area contributed by atoms with E-state index in [1.165, 1.54) is 0 Å². The third-order valence-corrected chi connectivity index (χ3v) is 4.14. The fraction of sp³-hybridized carbons (Fsp3) is 0.917. The summed E-state index contributed by atoms with van der Waals surface area (Å²) in [4.78, 5) is 11.8. The first-order valence-electron chi connectivity index (χ1n) is 7.32. The fourth-order valence-electron chi connectivity index (χ4n) is 2.62. The van der Waals surface area contributed by atoms with Gasteiger partial charge in [0.05, 0.1) is 6.10 Å². The third kappa shape index (κ3) is 6.28. The topological polar surface area (TPSA) is 74.4 Å². The number of carbonyl (C=O) groups is 1. The van der Waals surface area contributed by atoms with Crippen LogP contribution in [0.1, 0.15) is 25.7 Å². The van der Waals surface area contributed by atoms with Crippen molar-refractivity contribution in [3.05, 3.63) is 0 Å². The van der Waals surface area contributed by atoms with E-state index in [1.807, 2.05) is 0 Å². The molecule has 0 aromatic carbocycles. The maximum absolute atomic E-state index is 13.1. The number of alkyl halides is 5. The number of carbonyl (C=O) groups excluding carboxylic acids is 1. The highest BCUT2D eigenvalue weighted by molar-refractivity contribution is 6.20. The van der Waals surface area contributed by atoms with Crippen LogP contribution in [-0.2, 0) is 4.74 Å². The van der Waals surface area contributed by atoms with Crippen molar-refractivity contribution < 1.29 is 27.1 Å². The number of hydrogen-bond acceptors (Lipinski definition) is 4. The normalized spacial score (nSPS) is 35.6. The van der Waals surface area contributed by atoms with E-state index in [4.69, 9.17) is 11.6 Å². The van der Waals surface area contributed by atoms with Crippen LogP contribution in [-0.4, -0.2) is 49.0 Å². The van der Waals surface area contributed by atoms with Crippen molar-refractivity contribution in [1.29, 1.82) is 0 Å². The van der Waals surface area contributed by atoms with Gasteiger partial charge >= 0.3 is 12.4 Å². The van der Waals surface area contributed by atoms with Crippen molar-refractivity contribution in [2.75, 3.05) is 6.54 Å². The summed E-state index contributed by atoms with van der Waals surface area (Å²) in [6.07, 6.45) is -6.20. The van der Waals surface area contributed by atoms with Gasteiger partial charge in [0.15, 0.2) is 0 Å². The molecule has 23 heavy (non-hydrogen) atoms. The van der Waals surface area contributed by atoms with Crippen molar-refractivity contribution >= 4 is 17.6 Å². The minimum atomic E-state index is -4.63. The molecule has 1 aliphatic heterocycles. The van der Waals surface area contributed by atoms with E-state index in [2.05, 4.69) is 26.0 Å². The van der Waals surface area contributed by atoms with Crippen LogP contribution >= 0.6 is 11.6 Å². The van der Waals surface area contributed by atoms with Crippen LogP contribution in [0.15, 0.2) is 0 Å². The second-order valence-corrected chi connectivity index (χ2v) is 6.05. The highest BCUT2D eigenvalue weighted by Gasteiger charge is 2.35. The first kappa shape index (κ1) is 18.5. The highest BCUT2D eigenvalue weighted by atomic mass is 35.5. The molecule has 4 N–H and O–H groups in total. The van der Waals surface area contributed by atoms with Crippen LogP contribution in [0.3, 0.4) is 0 Å². The van der Waals surface area contributed by atoms with Crippen molar-refractivity contribution in [2.24, 2.45) is 0 Å². The predicted molar refractivity (Wildman–Crippen MR) is 74.3 cm³/mol. The third-order valence-electron chi connectivity index (χ3n) is 3.75. The Morgan fingerprint density at radius 3 is 2.39 bits per heavy atom. The molecule has 6 nitrogen and oxygen atoms in total. The molecule has 3 unspecified atom stereocenters. The SMILES string of the molecule is O=C(NC1CCC(OC(F)(F)F)CC1)NC1NCC(F)C(Cl)N1. The van der Waals surface area contributed by atoms with E-state index >= 15 is 0 Å². The molecule has 134 valence electrons. The lowest BCUT2D eigenvalue weighted by atomic mass is 9.93. The fourth-order valence-corrected chi connectivity index (χ4v) is 2.84. The molecule has 1 saturated carbocycles. The number of urea groups is 1. The van der Waals surface area contributed by atoms with Crippen LogP contribution < -0.4 is 21.3 Å². The lowest BCUT2D eigenvalue weighted by Gasteiger charge is -2.33. The average Bonchev–Trinajstić information content (AvgIpc) is 2.43. The summed E-state index contributed by atoms with van der Waals surface area (Å²) in [7, 11) is 0. The van der Waals surface area contributed by atoms with E-state index in [-0.39, 0.29) is 25.4 Å². The standard InChI is InChI=1S/C12H19ClF4N4O2/c13-9-8(14)5-18-10(20-9)21-11(22)19-6-1-3-7(4-2-6)23-12(15,16)17/h6-10,18,20H,1-5H2,(H2,19,21,22). The number of rotatable bonds is 3. The average molecular weight is 363 g/mol. The minimum Gasteiger partial charge on any atom is -0.335 e. The lowest BCUT2D eigenvalue weighted by molar-refractivity contribution is -0.345. The summed E-state index contributed by atoms with van der Waals surface area (Å²) in [5.41, 5.74) is -0.906. The molecule has 3 atom stereocenters. The quantitative estimate of drug-likeness (QED) is 0.349. The first-order valence-corrected chi connectivity index (χ1v) is 7.76. The molecule has 0 aromatic heterocycles. The zero-order chi connectivity index (χ0) is 17.0. The van der Waals surface area contributed by atoms with Crippen LogP contribution in [0.2, 0.25) is 0 Å². The number of halogens is 5. The van der Waals surface area contributed by atoms with Gasteiger partial charge in [-0.15, -0.1) is 24.8 Å². The Hall–Kier alpha value is -0.840. The zero-order valence-corrected chi connectivity index (χ0v) is 12.9. The molecule has 0 radical (unpaired) electrons. The summed E-state index contributed by atoms with van der Waals surface area (Å²) >= 11 is 5.70. The van der Waals surface area contributed by atoms with E-state index in [9.17, 15) is 22.4 Å². The van der Waals surface area contributed by atoms with Gasteiger partial charge in [0, 0.05) is 12.6 Å². The van der Waals surface area contributed by atoms with Gasteiger partial charge < -0.3 is 10.6 Å². The molecule has 2 rings (SSSR count). The van der Waals surface area contributed by atoms with E-state index in [0.29, 0.717) is 12.8 Å². The summed E-state index contributed by atoms with van der Waals surface area (Å²) in [6.45, 7) is 0.00596. The molecule has 0 bridgehead atoms. The van der Waals surface area contributed by atoms with Crippen LogP contribution in [0.5, 0.6) is 0 Å². The van der Waals surface area contributed by atoms with Gasteiger partial charge in [-0.05, 0) is 25.7 Å². The van der Waals surface area contributed by atoms with Crippen LogP contribution in [0.25, 0.3) is 0 Å². The molecule has 1 heterocycles. The molecule has 0 aromatic rings. The molecule has 1 aliphatic carbocycles. The summed E-state index contributed by atoms with van der Waals surface area (Å²) in [5, 5.41) is 10.5. The van der Waals surface area contributed by atoms with E-state index in [1.54, 1.807) is 0 Å². The molecule has 0 spiro atoms. The van der Waals surface area contributed by atoms with Crippen LogP contribution in [0.4, 0.5) is 22.4 Å². The van der Waals surface area contributed by atoms with E-state index < -0.39 is 36.5 Å². The Labute approximate surface area is 135 Å². The number of ether oxygens (including phenoxy) is 1. The Bertz CT molecular complexity index is 407. The predicted octanol–water partition coefficient (Wildman–Crippen LogP) is 1.51. The Morgan fingerprint density at radius 2 is 1.83 bits per heavy atom. The zero-order valence-electron chi connectivity index (χ0n) is 12.1. The number of hydrogen-bond donors (Lipinski definition) is 4. The van der Waals surface area contributed by atoms with E-state index in [0.717, 1.165) is 0 Å². The van der Waals surface area contributed by atoms with Gasteiger partial charge in [-0.3, -0.25) is 15.4 Å². The second kappa shape index (κ2) is 7.82. The van der Waals surface area contributed by atoms with Gasteiger partial charge in [-0.25, -0.2) is 9.18 Å². The van der Waals surface area contributed by atoms with Gasteiger partial charge in [0.2, 0.25) is 0 Å². The lowest BCUT2D eigenvalue weighted by Crippen LogP contribution is -2.66. The van der Waals surface area contributed by atoms with Crippen LogP contribution in [0, 0.1) is 0 Å². The minimum absolute atomic E-state index is 0.00596. The summed E-state index contributed by atoms with van der Waals surface area (Å²) in [5.74, 6) is 0. The van der Waals surface area contributed by atoms with Crippen molar-refractivity contribution in [1.82, 2.24) is 21.3 Å². The molecule has 1 saturated heterocycles. The second-order valence-electron chi connectivity index (χ2n) is 5.58. The van der Waals surface area contributed by atoms with Crippen molar-refractivity contribution in [3.63, 3.8) is 0 Å². The molecule has 2 amide bonds. The first-order chi connectivity index (χ1) is 10.7. The molecule has 11 heteroatoms. The maximum atomic E-state index is 13.1. The molecule has 2 aliphatic rings. The number of nitrogens with one attached hydrogen (secondary N) is 4. The Kier molecular flexibility index (Phi) is 6.29. The number of amides is 2. The Morgan fingerprint density at radius 1 is 1.17 bits per heavy atom. The Balaban J connectivity index is 1.67. The smallest absolute Gasteiger partial charge is 0.335 e. The summed E-state index contributed by atoms with van der Waals surface area (Å²) < 4.78 is 53.5. The monoisotopic (exact) mass is 362 g/mol. The van der Waals surface area contributed by atoms with Crippen molar-refractivity contribution in [2.45, 2.75) is 62.2 Å². The molecular weight excluding hydrogens is 344 g/mol. The largest absolute Gasteiger partial charge is 0.522 e. The van der Waals surface area contributed by atoms with Gasteiger partial charge in [-0.2, -0.15) is 0 Å². The maximum Gasteiger partial charge on any atom is 0.522 e. The van der Waals surface area contributed by atoms with Gasteiger partial charge in [0.25, 0.3) is 0 Å².